The van der Waals surface area contributed by atoms with Gasteiger partial charge in [0.15, 0.2) is 0 Å². The van der Waals surface area contributed by atoms with E-state index in [1.807, 2.05) is 0 Å². The predicted molar refractivity (Wildman–Crippen MR) is 64.3 cm³/mol. The van der Waals surface area contributed by atoms with Crippen LogP contribution < -0.4 is 10.1 Å². The monoisotopic (exact) mass is 241 g/mol. The molecule has 1 aromatic rings. The summed E-state index contributed by atoms with van der Waals surface area (Å²) >= 11 is 5.99. The summed E-state index contributed by atoms with van der Waals surface area (Å²) in [7, 11) is 0. The number of nitrogens with one attached hydrogen (secondary N) is 1. The first-order chi connectivity index (χ1) is 7.75. The fourth-order valence-corrected chi connectivity index (χ4v) is 2.09. The zero-order valence-corrected chi connectivity index (χ0v) is 9.83. The second-order valence-corrected chi connectivity index (χ2v) is 4.44. The van der Waals surface area contributed by atoms with Gasteiger partial charge < -0.3 is 15.2 Å². The van der Waals surface area contributed by atoms with Gasteiger partial charge >= 0.3 is 0 Å². The number of rotatable bonds is 2. The Morgan fingerprint density at radius 3 is 3.00 bits per heavy atom. The third kappa shape index (κ3) is 3.03. The molecular formula is C12H16ClNO2. The third-order valence-corrected chi connectivity index (χ3v) is 3.03. The molecule has 1 aromatic carbocycles. The van der Waals surface area contributed by atoms with Crippen molar-refractivity contribution in [3.8, 4) is 11.5 Å². The minimum absolute atomic E-state index is 0.167. The van der Waals surface area contributed by atoms with Gasteiger partial charge in [0.05, 0.1) is 5.02 Å². The van der Waals surface area contributed by atoms with Crippen molar-refractivity contribution in [2.75, 3.05) is 13.1 Å². The minimum Gasteiger partial charge on any atom is -0.508 e. The van der Waals surface area contributed by atoms with Crippen LogP contribution in [-0.4, -0.2) is 24.3 Å². The van der Waals surface area contributed by atoms with Gasteiger partial charge in [-0.05, 0) is 44.5 Å². The van der Waals surface area contributed by atoms with E-state index in [9.17, 15) is 5.11 Å². The molecule has 0 saturated carbocycles. The SMILES string of the molecule is Oc1ccc(OC2CCCNCC2)c(Cl)c1. The van der Waals surface area contributed by atoms with Crippen molar-refractivity contribution >= 4 is 11.6 Å². The number of phenols is 1. The Labute approximate surface area is 100 Å². The van der Waals surface area contributed by atoms with Crippen molar-refractivity contribution < 1.29 is 9.84 Å². The topological polar surface area (TPSA) is 41.5 Å². The van der Waals surface area contributed by atoms with Crippen LogP contribution in [0.1, 0.15) is 19.3 Å². The lowest BCUT2D eigenvalue weighted by Crippen LogP contribution is -2.19. The van der Waals surface area contributed by atoms with Gasteiger partial charge in [0, 0.05) is 6.07 Å². The number of hydrogen-bond donors (Lipinski definition) is 2. The lowest BCUT2D eigenvalue weighted by atomic mass is 10.1. The third-order valence-electron chi connectivity index (χ3n) is 2.73. The highest BCUT2D eigenvalue weighted by Crippen LogP contribution is 2.30. The standard InChI is InChI=1S/C12H16ClNO2/c13-11-8-9(15)3-4-12(11)16-10-2-1-6-14-7-5-10/h3-4,8,10,14-15H,1-2,5-7H2. The summed E-state index contributed by atoms with van der Waals surface area (Å²) in [5.74, 6) is 0.825. The lowest BCUT2D eigenvalue weighted by molar-refractivity contribution is 0.187. The van der Waals surface area contributed by atoms with Gasteiger partial charge in [0.25, 0.3) is 0 Å². The van der Waals surface area contributed by atoms with Crippen LogP contribution in [0.5, 0.6) is 11.5 Å². The minimum atomic E-state index is 0.167. The molecule has 0 aromatic heterocycles. The molecule has 2 N–H and O–H groups in total. The Morgan fingerprint density at radius 1 is 1.31 bits per heavy atom. The van der Waals surface area contributed by atoms with Gasteiger partial charge in [-0.15, -0.1) is 0 Å². The van der Waals surface area contributed by atoms with Gasteiger partial charge in [0.1, 0.15) is 17.6 Å². The summed E-state index contributed by atoms with van der Waals surface area (Å²) in [5, 5.41) is 13.0. The maximum absolute atomic E-state index is 9.24. The molecule has 16 heavy (non-hydrogen) atoms. The number of aromatic hydroxyl groups is 1. The molecule has 88 valence electrons. The van der Waals surface area contributed by atoms with Gasteiger partial charge in [-0.3, -0.25) is 0 Å². The molecule has 4 heteroatoms. The van der Waals surface area contributed by atoms with Crippen LogP contribution in [0.2, 0.25) is 5.02 Å². The quantitative estimate of drug-likeness (QED) is 0.836. The molecule has 1 aliphatic heterocycles. The maximum atomic E-state index is 9.24. The Hall–Kier alpha value is -0.930. The first kappa shape index (κ1) is 11.6. The number of halogens is 1. The summed E-state index contributed by atoms with van der Waals surface area (Å²) in [6.45, 7) is 2.05. The highest BCUT2D eigenvalue weighted by atomic mass is 35.5. The Morgan fingerprint density at radius 2 is 2.19 bits per heavy atom. The number of benzene rings is 1. The number of phenolic OH excluding ortho intramolecular Hbond substituents is 1. The van der Waals surface area contributed by atoms with E-state index in [2.05, 4.69) is 5.32 Å². The zero-order valence-electron chi connectivity index (χ0n) is 9.08. The summed E-state index contributed by atoms with van der Waals surface area (Å²) in [4.78, 5) is 0. The van der Waals surface area contributed by atoms with E-state index < -0.39 is 0 Å². The van der Waals surface area contributed by atoms with Crippen LogP contribution in [0.4, 0.5) is 0 Å². The normalized spacial score (nSPS) is 21.4. The smallest absolute Gasteiger partial charge is 0.138 e. The van der Waals surface area contributed by atoms with Crippen molar-refractivity contribution in [2.24, 2.45) is 0 Å². The van der Waals surface area contributed by atoms with Crippen LogP contribution in [0.25, 0.3) is 0 Å². The summed E-state index contributed by atoms with van der Waals surface area (Å²) in [5.41, 5.74) is 0. The molecule has 1 aliphatic rings. The van der Waals surface area contributed by atoms with Crippen molar-refractivity contribution in [3.63, 3.8) is 0 Å². The second-order valence-electron chi connectivity index (χ2n) is 4.04. The average molecular weight is 242 g/mol. The molecule has 1 fully saturated rings. The molecule has 1 saturated heterocycles. The van der Waals surface area contributed by atoms with Crippen LogP contribution in [0.15, 0.2) is 18.2 Å². The Bertz CT molecular complexity index is 349. The summed E-state index contributed by atoms with van der Waals surface area (Å²) in [6, 6.07) is 4.82. The van der Waals surface area contributed by atoms with Crippen LogP contribution in [-0.2, 0) is 0 Å². The second kappa shape index (κ2) is 5.41. The van der Waals surface area contributed by atoms with Gasteiger partial charge in [0.2, 0.25) is 0 Å². The molecule has 1 atom stereocenters. The molecular weight excluding hydrogens is 226 g/mol. The lowest BCUT2D eigenvalue weighted by Gasteiger charge is -2.17. The highest BCUT2D eigenvalue weighted by Gasteiger charge is 2.14. The van der Waals surface area contributed by atoms with E-state index >= 15 is 0 Å². The first-order valence-corrected chi connectivity index (χ1v) is 5.99. The van der Waals surface area contributed by atoms with Crippen molar-refractivity contribution in [1.82, 2.24) is 5.32 Å². The van der Waals surface area contributed by atoms with Crippen molar-refractivity contribution in [2.45, 2.75) is 25.4 Å². The Kier molecular flexibility index (Phi) is 3.91. The van der Waals surface area contributed by atoms with E-state index in [-0.39, 0.29) is 11.9 Å². The molecule has 0 spiro atoms. The van der Waals surface area contributed by atoms with Crippen molar-refractivity contribution in [3.05, 3.63) is 23.2 Å². The van der Waals surface area contributed by atoms with Gasteiger partial charge in [-0.1, -0.05) is 11.6 Å². The molecule has 2 rings (SSSR count). The summed E-state index contributed by atoms with van der Waals surface area (Å²) in [6.07, 6.45) is 3.39. The fraction of sp³-hybridized carbons (Fsp3) is 0.500. The fourth-order valence-electron chi connectivity index (χ4n) is 1.87. The number of hydrogen-bond acceptors (Lipinski definition) is 3. The van der Waals surface area contributed by atoms with Crippen LogP contribution in [0.3, 0.4) is 0 Å². The molecule has 3 nitrogen and oxygen atoms in total. The molecule has 1 unspecified atom stereocenters. The largest absolute Gasteiger partial charge is 0.508 e. The predicted octanol–water partition coefficient (Wildman–Crippen LogP) is 2.57. The Balaban J connectivity index is 2.01. The molecule has 0 radical (unpaired) electrons. The zero-order chi connectivity index (χ0) is 11.4. The number of ether oxygens (including phenoxy) is 1. The summed E-state index contributed by atoms with van der Waals surface area (Å²) < 4.78 is 5.84. The molecule has 0 aliphatic carbocycles. The van der Waals surface area contributed by atoms with Crippen LogP contribution in [0, 0.1) is 0 Å². The van der Waals surface area contributed by atoms with E-state index in [1.54, 1.807) is 12.1 Å². The highest BCUT2D eigenvalue weighted by molar-refractivity contribution is 6.32. The molecule has 1 heterocycles. The van der Waals surface area contributed by atoms with Crippen LogP contribution >= 0.6 is 11.6 Å². The van der Waals surface area contributed by atoms with Crippen molar-refractivity contribution in [1.29, 1.82) is 0 Å². The maximum Gasteiger partial charge on any atom is 0.138 e. The van der Waals surface area contributed by atoms with E-state index in [1.165, 1.54) is 6.07 Å². The van der Waals surface area contributed by atoms with E-state index in [4.69, 9.17) is 16.3 Å². The van der Waals surface area contributed by atoms with E-state index in [0.717, 1.165) is 32.4 Å². The first-order valence-electron chi connectivity index (χ1n) is 5.61. The molecule has 0 bridgehead atoms. The van der Waals surface area contributed by atoms with Gasteiger partial charge in [-0.25, -0.2) is 0 Å². The average Bonchev–Trinajstić information content (AvgIpc) is 2.51. The van der Waals surface area contributed by atoms with E-state index in [0.29, 0.717) is 10.8 Å². The van der Waals surface area contributed by atoms with Gasteiger partial charge in [-0.2, -0.15) is 0 Å². The molecule has 0 amide bonds.